The molecule has 0 N–H and O–H groups in total. The second kappa shape index (κ2) is 5.25. The Labute approximate surface area is 114 Å². The first-order valence-corrected chi connectivity index (χ1v) is 5.72. The zero-order valence-corrected chi connectivity index (χ0v) is 10.5. The highest BCUT2D eigenvalue weighted by Gasteiger charge is 2.31. The predicted molar refractivity (Wildman–Crippen MR) is 68.1 cm³/mol. The Morgan fingerprint density at radius 3 is 2.35 bits per heavy atom. The summed E-state index contributed by atoms with van der Waals surface area (Å²) < 4.78 is 43.5. The van der Waals surface area contributed by atoms with Crippen LogP contribution in [0.4, 0.5) is 13.2 Å². The third kappa shape index (κ3) is 2.59. The highest BCUT2D eigenvalue weighted by Crippen LogP contribution is 2.37. The quantitative estimate of drug-likeness (QED) is 0.822. The van der Waals surface area contributed by atoms with Crippen molar-refractivity contribution in [2.45, 2.75) is 6.18 Å². The molecule has 2 nitrogen and oxygen atoms in total. The van der Waals surface area contributed by atoms with Crippen molar-refractivity contribution in [3.05, 3.63) is 53.6 Å². The summed E-state index contributed by atoms with van der Waals surface area (Å²) in [6.07, 6.45) is -4.45. The molecule has 0 aliphatic rings. The van der Waals surface area contributed by atoms with Gasteiger partial charge in [0, 0.05) is 11.1 Å². The predicted octanol–water partition coefficient (Wildman–Crippen LogP) is 4.25. The molecule has 0 aliphatic carbocycles. The van der Waals surface area contributed by atoms with Crippen LogP contribution in [0.5, 0.6) is 5.75 Å². The number of nitrogens with zero attached hydrogens (tertiary/aromatic N) is 1. The number of nitriles is 1. The highest BCUT2D eigenvalue weighted by atomic mass is 19.4. The number of ether oxygens (including phenoxy) is 1. The van der Waals surface area contributed by atoms with E-state index in [0.29, 0.717) is 11.3 Å². The van der Waals surface area contributed by atoms with Gasteiger partial charge in [0.15, 0.2) is 0 Å². The SMILES string of the molecule is COc1ccccc1-c1cc(C(F)(F)F)ccc1C#N. The summed E-state index contributed by atoms with van der Waals surface area (Å²) in [4.78, 5) is 0. The fraction of sp³-hybridized carbons (Fsp3) is 0.133. The van der Waals surface area contributed by atoms with Crippen molar-refractivity contribution in [1.82, 2.24) is 0 Å². The van der Waals surface area contributed by atoms with Crippen LogP contribution in [0.1, 0.15) is 11.1 Å². The van der Waals surface area contributed by atoms with Gasteiger partial charge in [0.2, 0.25) is 0 Å². The summed E-state index contributed by atoms with van der Waals surface area (Å²) in [6, 6.07) is 11.6. The number of hydrogen-bond donors (Lipinski definition) is 0. The van der Waals surface area contributed by atoms with Crippen molar-refractivity contribution < 1.29 is 17.9 Å². The molecule has 0 unspecified atom stereocenters. The number of benzene rings is 2. The van der Waals surface area contributed by atoms with E-state index in [9.17, 15) is 13.2 Å². The lowest BCUT2D eigenvalue weighted by Crippen LogP contribution is -2.05. The van der Waals surface area contributed by atoms with Crippen molar-refractivity contribution in [1.29, 1.82) is 5.26 Å². The van der Waals surface area contributed by atoms with E-state index in [1.165, 1.54) is 13.2 Å². The van der Waals surface area contributed by atoms with E-state index in [4.69, 9.17) is 10.00 Å². The molecule has 0 amide bonds. The monoisotopic (exact) mass is 277 g/mol. The maximum absolute atomic E-state index is 12.8. The molecule has 20 heavy (non-hydrogen) atoms. The molecule has 0 radical (unpaired) electrons. The Bertz CT molecular complexity index is 672. The zero-order chi connectivity index (χ0) is 14.8. The van der Waals surface area contributed by atoms with Gasteiger partial charge in [-0.15, -0.1) is 0 Å². The Morgan fingerprint density at radius 2 is 1.75 bits per heavy atom. The van der Waals surface area contributed by atoms with Crippen molar-refractivity contribution in [2.75, 3.05) is 7.11 Å². The molecule has 2 aromatic rings. The summed E-state index contributed by atoms with van der Waals surface area (Å²) in [7, 11) is 1.43. The summed E-state index contributed by atoms with van der Waals surface area (Å²) in [5.74, 6) is 0.420. The van der Waals surface area contributed by atoms with Gasteiger partial charge in [-0.25, -0.2) is 0 Å². The summed E-state index contributed by atoms with van der Waals surface area (Å²) >= 11 is 0. The van der Waals surface area contributed by atoms with E-state index >= 15 is 0 Å². The molecule has 0 spiro atoms. The maximum atomic E-state index is 12.8. The molecular weight excluding hydrogens is 267 g/mol. The minimum Gasteiger partial charge on any atom is -0.496 e. The van der Waals surface area contributed by atoms with Crippen molar-refractivity contribution in [3.8, 4) is 22.9 Å². The number of para-hydroxylation sites is 1. The van der Waals surface area contributed by atoms with Crippen LogP contribution in [0.3, 0.4) is 0 Å². The number of rotatable bonds is 2. The lowest BCUT2D eigenvalue weighted by atomic mass is 9.97. The molecule has 0 saturated carbocycles. The number of alkyl halides is 3. The molecule has 0 fully saturated rings. The minimum absolute atomic E-state index is 0.169. The molecule has 0 atom stereocenters. The number of hydrogen-bond acceptors (Lipinski definition) is 2. The van der Waals surface area contributed by atoms with E-state index in [-0.39, 0.29) is 11.1 Å². The zero-order valence-electron chi connectivity index (χ0n) is 10.5. The molecule has 0 saturated heterocycles. The Morgan fingerprint density at radius 1 is 1.05 bits per heavy atom. The Kier molecular flexibility index (Phi) is 3.66. The van der Waals surface area contributed by atoms with Gasteiger partial charge >= 0.3 is 6.18 Å². The lowest BCUT2D eigenvalue weighted by Gasteiger charge is -2.13. The maximum Gasteiger partial charge on any atom is 0.416 e. The Balaban J connectivity index is 2.69. The van der Waals surface area contributed by atoms with Crippen LogP contribution in [0.25, 0.3) is 11.1 Å². The van der Waals surface area contributed by atoms with Crippen LogP contribution in [-0.2, 0) is 6.18 Å². The number of methoxy groups -OCH3 is 1. The lowest BCUT2D eigenvalue weighted by molar-refractivity contribution is -0.137. The molecule has 102 valence electrons. The molecule has 0 heterocycles. The average molecular weight is 277 g/mol. The first-order chi connectivity index (χ1) is 9.47. The van der Waals surface area contributed by atoms with Crippen LogP contribution in [0.15, 0.2) is 42.5 Å². The van der Waals surface area contributed by atoms with E-state index in [0.717, 1.165) is 12.1 Å². The van der Waals surface area contributed by atoms with Crippen LogP contribution in [0, 0.1) is 11.3 Å². The molecule has 0 aromatic heterocycles. The van der Waals surface area contributed by atoms with Crippen LogP contribution in [-0.4, -0.2) is 7.11 Å². The van der Waals surface area contributed by atoms with Crippen LogP contribution in [0.2, 0.25) is 0 Å². The van der Waals surface area contributed by atoms with Crippen LogP contribution < -0.4 is 4.74 Å². The molecule has 5 heteroatoms. The molecule has 0 bridgehead atoms. The van der Waals surface area contributed by atoms with Crippen molar-refractivity contribution in [3.63, 3.8) is 0 Å². The summed E-state index contributed by atoms with van der Waals surface area (Å²) in [6.45, 7) is 0. The van der Waals surface area contributed by atoms with Gasteiger partial charge < -0.3 is 4.74 Å². The van der Waals surface area contributed by atoms with Gasteiger partial charge in [0.25, 0.3) is 0 Å². The fourth-order valence-corrected chi connectivity index (χ4v) is 1.91. The number of halogens is 3. The largest absolute Gasteiger partial charge is 0.496 e. The van der Waals surface area contributed by atoms with E-state index in [1.54, 1.807) is 24.3 Å². The second-order valence-electron chi connectivity index (χ2n) is 4.07. The second-order valence-corrected chi connectivity index (χ2v) is 4.07. The van der Waals surface area contributed by atoms with Gasteiger partial charge in [-0.1, -0.05) is 18.2 Å². The van der Waals surface area contributed by atoms with Gasteiger partial charge in [-0.05, 0) is 24.3 Å². The van der Waals surface area contributed by atoms with Crippen LogP contribution >= 0.6 is 0 Å². The average Bonchev–Trinajstić information content (AvgIpc) is 2.45. The van der Waals surface area contributed by atoms with Gasteiger partial charge in [0.1, 0.15) is 5.75 Å². The first-order valence-electron chi connectivity index (χ1n) is 5.72. The van der Waals surface area contributed by atoms with Crippen molar-refractivity contribution >= 4 is 0 Å². The van der Waals surface area contributed by atoms with Crippen molar-refractivity contribution in [2.24, 2.45) is 0 Å². The Hall–Kier alpha value is -2.48. The molecule has 2 aromatic carbocycles. The first kappa shape index (κ1) is 13.9. The van der Waals surface area contributed by atoms with Gasteiger partial charge in [-0.2, -0.15) is 18.4 Å². The molecular formula is C15H10F3NO. The minimum atomic E-state index is -4.45. The third-order valence-electron chi connectivity index (χ3n) is 2.86. The highest BCUT2D eigenvalue weighted by molar-refractivity contribution is 5.76. The van der Waals surface area contributed by atoms with Gasteiger partial charge in [0.05, 0.1) is 24.3 Å². The third-order valence-corrected chi connectivity index (χ3v) is 2.86. The standard InChI is InChI=1S/C15H10F3NO/c1-20-14-5-3-2-4-12(14)13-8-11(15(16,17)18)7-6-10(13)9-19/h2-8H,1H3. The molecule has 2 rings (SSSR count). The normalized spacial score (nSPS) is 10.9. The summed E-state index contributed by atoms with van der Waals surface area (Å²) in [5.41, 5.74) is 0.0392. The van der Waals surface area contributed by atoms with E-state index < -0.39 is 11.7 Å². The molecule has 0 aliphatic heterocycles. The smallest absolute Gasteiger partial charge is 0.416 e. The van der Waals surface area contributed by atoms with E-state index in [2.05, 4.69) is 0 Å². The topological polar surface area (TPSA) is 33.0 Å². The van der Waals surface area contributed by atoms with E-state index in [1.807, 2.05) is 6.07 Å². The fourth-order valence-electron chi connectivity index (χ4n) is 1.91. The summed E-state index contributed by atoms with van der Waals surface area (Å²) in [5, 5.41) is 9.06. The van der Waals surface area contributed by atoms with Gasteiger partial charge in [-0.3, -0.25) is 0 Å².